The smallest absolute Gasteiger partial charge is 0.251 e. The van der Waals surface area contributed by atoms with E-state index < -0.39 is 12.1 Å². The van der Waals surface area contributed by atoms with Gasteiger partial charge < -0.3 is 24.8 Å². The van der Waals surface area contributed by atoms with Crippen LogP contribution in [0, 0.1) is 17.8 Å². The molecular formula is C30H39N5O4S. The van der Waals surface area contributed by atoms with E-state index in [0.29, 0.717) is 18.0 Å². The molecule has 6 rings (SSSR count). The molecule has 5 atom stereocenters. The second kappa shape index (κ2) is 11.2. The van der Waals surface area contributed by atoms with Crippen LogP contribution in [0.4, 0.5) is 5.13 Å². The van der Waals surface area contributed by atoms with Crippen LogP contribution in [0.3, 0.4) is 0 Å². The van der Waals surface area contributed by atoms with E-state index in [0.717, 1.165) is 61.8 Å². The third-order valence-electron chi connectivity index (χ3n) is 9.21. The zero-order valence-corrected chi connectivity index (χ0v) is 24.4. The Bertz CT molecular complexity index is 1250. The van der Waals surface area contributed by atoms with Crippen LogP contribution in [0.15, 0.2) is 29.6 Å². The Morgan fingerprint density at radius 3 is 2.55 bits per heavy atom. The van der Waals surface area contributed by atoms with E-state index in [-0.39, 0.29) is 42.1 Å². The van der Waals surface area contributed by atoms with Crippen molar-refractivity contribution in [1.82, 2.24) is 20.1 Å². The molecule has 1 aliphatic carbocycles. The number of ketones is 1. The minimum Gasteiger partial charge on any atom is -0.367 e. The van der Waals surface area contributed by atoms with Gasteiger partial charge in [-0.3, -0.25) is 14.4 Å². The van der Waals surface area contributed by atoms with Crippen LogP contribution in [0.25, 0.3) is 11.3 Å². The summed E-state index contributed by atoms with van der Waals surface area (Å²) in [6.07, 6.45) is 2.79. The number of likely N-dealkylation sites (tertiary alicyclic amines) is 1. The highest BCUT2D eigenvalue weighted by atomic mass is 32.1. The topological polar surface area (TPSA) is 95.1 Å². The summed E-state index contributed by atoms with van der Waals surface area (Å²) in [6.45, 7) is 8.60. The Balaban J connectivity index is 1.14. The summed E-state index contributed by atoms with van der Waals surface area (Å²) in [7, 11) is 2.14. The molecule has 3 saturated heterocycles. The molecule has 0 bridgehead atoms. The van der Waals surface area contributed by atoms with Gasteiger partial charge in [0.15, 0.2) is 10.9 Å². The SMILES string of the molecule is CC[C@H](C)[C@H](NC(=O)c1ccc(-c2csc(N3CCN(C)CC3)n2)cc1)C(=O)N1C[C@H](C2CC2)[C@H]2OCC(=O)[C@H]21. The summed E-state index contributed by atoms with van der Waals surface area (Å²) in [5, 5.41) is 6.11. The number of piperazine rings is 1. The van der Waals surface area contributed by atoms with Crippen molar-refractivity contribution in [2.75, 3.05) is 51.3 Å². The number of benzene rings is 1. The van der Waals surface area contributed by atoms with E-state index in [4.69, 9.17) is 9.72 Å². The lowest BCUT2D eigenvalue weighted by Crippen LogP contribution is -2.54. The molecule has 214 valence electrons. The molecule has 10 heteroatoms. The van der Waals surface area contributed by atoms with Gasteiger partial charge in [0, 0.05) is 55.1 Å². The first kappa shape index (κ1) is 27.4. The number of aromatic nitrogens is 1. The summed E-state index contributed by atoms with van der Waals surface area (Å²) in [4.78, 5) is 51.1. The molecule has 2 amide bonds. The van der Waals surface area contributed by atoms with Crippen LogP contribution in [0.5, 0.6) is 0 Å². The molecular weight excluding hydrogens is 526 g/mol. The molecule has 0 unspecified atom stereocenters. The van der Waals surface area contributed by atoms with Crippen LogP contribution in [0.2, 0.25) is 0 Å². The standard InChI is InChI=1S/C30H39N5O4S/c1-4-18(2)25(29(38)35-15-22(19-5-6-19)27-26(35)24(36)16-39-27)32-28(37)21-9-7-20(8-10-21)23-17-40-30(31-23)34-13-11-33(3)12-14-34/h7-10,17-19,22,25-27H,4-6,11-16H2,1-3H3,(H,32,37)/t18-,22+,25-,26+,27+/m0/s1. The van der Waals surface area contributed by atoms with E-state index in [2.05, 4.69) is 27.5 Å². The molecule has 0 spiro atoms. The number of amides is 2. The fourth-order valence-corrected chi connectivity index (χ4v) is 7.17. The number of hydrogen-bond acceptors (Lipinski definition) is 8. The van der Waals surface area contributed by atoms with Gasteiger partial charge in [-0.25, -0.2) is 4.98 Å². The third-order valence-corrected chi connectivity index (χ3v) is 10.1. The molecule has 1 aromatic carbocycles. The predicted molar refractivity (Wildman–Crippen MR) is 154 cm³/mol. The minimum absolute atomic E-state index is 0.0239. The Morgan fingerprint density at radius 2 is 1.88 bits per heavy atom. The number of carbonyl (C=O) groups excluding carboxylic acids is 3. The Labute approximate surface area is 239 Å². The third kappa shape index (κ3) is 5.29. The number of nitrogens with zero attached hydrogens (tertiary/aromatic N) is 4. The maximum Gasteiger partial charge on any atom is 0.251 e. The van der Waals surface area contributed by atoms with Crippen molar-refractivity contribution in [1.29, 1.82) is 0 Å². The molecule has 4 heterocycles. The number of anilines is 1. The number of carbonyl (C=O) groups is 3. The normalized spacial score (nSPS) is 26.6. The van der Waals surface area contributed by atoms with Crippen LogP contribution in [-0.2, 0) is 14.3 Å². The zero-order valence-electron chi connectivity index (χ0n) is 23.5. The Morgan fingerprint density at radius 1 is 1.15 bits per heavy atom. The first-order valence-electron chi connectivity index (χ1n) is 14.6. The molecule has 9 nitrogen and oxygen atoms in total. The highest BCUT2D eigenvalue weighted by Gasteiger charge is 2.56. The molecule has 4 fully saturated rings. The molecule has 0 radical (unpaired) electrons. The van der Waals surface area contributed by atoms with Crippen molar-refractivity contribution in [3.05, 3.63) is 35.2 Å². The van der Waals surface area contributed by atoms with E-state index in [1.807, 2.05) is 26.0 Å². The first-order valence-corrected chi connectivity index (χ1v) is 15.5. The largest absolute Gasteiger partial charge is 0.367 e. The molecule has 1 N–H and O–H groups in total. The van der Waals surface area contributed by atoms with Crippen LogP contribution < -0.4 is 10.2 Å². The van der Waals surface area contributed by atoms with Gasteiger partial charge in [-0.2, -0.15) is 0 Å². The lowest BCUT2D eigenvalue weighted by atomic mass is 9.96. The lowest BCUT2D eigenvalue weighted by molar-refractivity contribution is -0.139. The number of Topliss-reactive ketones (excluding diaryl/α,β-unsaturated/α-hetero) is 1. The minimum atomic E-state index is -0.700. The van der Waals surface area contributed by atoms with Gasteiger partial charge in [0.2, 0.25) is 5.91 Å². The van der Waals surface area contributed by atoms with Crippen LogP contribution in [-0.4, -0.2) is 96.9 Å². The van der Waals surface area contributed by atoms with Crippen molar-refractivity contribution < 1.29 is 19.1 Å². The molecule has 40 heavy (non-hydrogen) atoms. The number of nitrogens with one attached hydrogen (secondary N) is 1. The number of ether oxygens (including phenoxy) is 1. The number of likely N-dealkylation sites (N-methyl/N-ethyl adjacent to an activating group) is 1. The molecule has 2 aromatic rings. The number of hydrogen-bond donors (Lipinski definition) is 1. The summed E-state index contributed by atoms with van der Waals surface area (Å²) >= 11 is 1.65. The van der Waals surface area contributed by atoms with Crippen LogP contribution >= 0.6 is 11.3 Å². The summed E-state index contributed by atoms with van der Waals surface area (Å²) in [5.41, 5.74) is 2.35. The quantitative estimate of drug-likeness (QED) is 0.526. The average molecular weight is 566 g/mol. The van der Waals surface area contributed by atoms with Crippen molar-refractivity contribution in [2.45, 2.75) is 51.3 Å². The monoisotopic (exact) mass is 565 g/mol. The summed E-state index contributed by atoms with van der Waals surface area (Å²) < 4.78 is 5.85. The van der Waals surface area contributed by atoms with Crippen molar-refractivity contribution in [3.63, 3.8) is 0 Å². The van der Waals surface area contributed by atoms with Gasteiger partial charge in [0.05, 0.1) is 11.8 Å². The molecule has 1 aromatic heterocycles. The zero-order chi connectivity index (χ0) is 28.0. The second-order valence-corrected chi connectivity index (χ2v) is 12.7. The van der Waals surface area contributed by atoms with E-state index in [1.165, 1.54) is 0 Å². The summed E-state index contributed by atoms with van der Waals surface area (Å²) in [6, 6.07) is 6.20. The summed E-state index contributed by atoms with van der Waals surface area (Å²) in [5.74, 6) is 0.185. The van der Waals surface area contributed by atoms with Crippen molar-refractivity contribution >= 4 is 34.1 Å². The second-order valence-electron chi connectivity index (χ2n) is 11.9. The lowest BCUT2D eigenvalue weighted by Gasteiger charge is -2.32. The van der Waals surface area contributed by atoms with Gasteiger partial charge >= 0.3 is 0 Å². The van der Waals surface area contributed by atoms with Gasteiger partial charge in [-0.15, -0.1) is 11.3 Å². The van der Waals surface area contributed by atoms with E-state index in [1.54, 1.807) is 28.4 Å². The molecule has 4 aliphatic rings. The highest BCUT2D eigenvalue weighted by molar-refractivity contribution is 7.14. The fourth-order valence-electron chi connectivity index (χ4n) is 6.28. The molecule has 3 aliphatic heterocycles. The first-order chi connectivity index (χ1) is 19.3. The molecule has 1 saturated carbocycles. The van der Waals surface area contributed by atoms with Gasteiger partial charge in [0.1, 0.15) is 18.7 Å². The number of rotatable bonds is 8. The maximum absolute atomic E-state index is 13.9. The highest BCUT2D eigenvalue weighted by Crippen LogP contribution is 2.46. The van der Waals surface area contributed by atoms with Gasteiger partial charge in [-0.05, 0) is 43.9 Å². The van der Waals surface area contributed by atoms with E-state index in [9.17, 15) is 14.4 Å². The van der Waals surface area contributed by atoms with E-state index >= 15 is 0 Å². The fraction of sp³-hybridized carbons (Fsp3) is 0.600. The van der Waals surface area contributed by atoms with Crippen LogP contribution in [0.1, 0.15) is 43.5 Å². The van der Waals surface area contributed by atoms with Gasteiger partial charge in [0.25, 0.3) is 5.91 Å². The van der Waals surface area contributed by atoms with Crippen molar-refractivity contribution in [3.8, 4) is 11.3 Å². The Kier molecular flexibility index (Phi) is 7.67. The number of thiazole rings is 1. The maximum atomic E-state index is 13.9. The van der Waals surface area contributed by atoms with Crippen molar-refractivity contribution in [2.24, 2.45) is 17.8 Å². The number of fused-ring (bicyclic) bond motifs is 1. The van der Waals surface area contributed by atoms with Gasteiger partial charge in [-0.1, -0.05) is 32.4 Å². The predicted octanol–water partition coefficient (Wildman–Crippen LogP) is 2.91. The Hall–Kier alpha value is -2.82. The average Bonchev–Trinajstić information content (AvgIpc) is 3.38.